The monoisotopic (exact) mass is 444 g/mol. The third-order valence-electron chi connectivity index (χ3n) is 4.72. The van der Waals surface area contributed by atoms with Gasteiger partial charge in [0.15, 0.2) is 0 Å². The van der Waals surface area contributed by atoms with Gasteiger partial charge in [-0.2, -0.15) is 4.31 Å². The molecule has 1 aromatic rings. The molecule has 0 unspecified atom stereocenters. The minimum atomic E-state index is -3.66. The van der Waals surface area contributed by atoms with Crippen LogP contribution in [0.15, 0.2) is 27.6 Å². The molecule has 1 saturated heterocycles. The lowest BCUT2D eigenvalue weighted by atomic mass is 10.2. The Morgan fingerprint density at radius 1 is 1.31 bits per heavy atom. The lowest BCUT2D eigenvalue weighted by Crippen LogP contribution is -2.40. The lowest BCUT2D eigenvalue weighted by molar-refractivity contribution is 0.0729. The number of halogens is 1. The molecule has 0 radical (unpaired) electrons. The van der Waals surface area contributed by atoms with Gasteiger partial charge in [0.05, 0.1) is 18.1 Å². The molecule has 6 nitrogen and oxygen atoms in total. The van der Waals surface area contributed by atoms with E-state index in [1.807, 2.05) is 11.8 Å². The number of amides is 1. The Kier molecular flexibility index (Phi) is 6.37. The van der Waals surface area contributed by atoms with Gasteiger partial charge in [0.2, 0.25) is 10.0 Å². The van der Waals surface area contributed by atoms with Crippen molar-refractivity contribution < 1.29 is 17.9 Å². The summed E-state index contributed by atoms with van der Waals surface area (Å²) in [6.07, 6.45) is 3.23. The summed E-state index contributed by atoms with van der Waals surface area (Å²) in [5.74, 6) is 0.502. The summed E-state index contributed by atoms with van der Waals surface area (Å²) in [7, 11) is -3.66. The summed E-state index contributed by atoms with van der Waals surface area (Å²) in [6, 6.07) is 4.86. The molecule has 0 aromatic heterocycles. The van der Waals surface area contributed by atoms with Gasteiger partial charge in [0.1, 0.15) is 0 Å². The smallest absolute Gasteiger partial charge is 0.253 e. The summed E-state index contributed by atoms with van der Waals surface area (Å²) in [6.45, 7) is 4.93. The molecule has 0 N–H and O–H groups in total. The van der Waals surface area contributed by atoms with E-state index in [2.05, 4.69) is 15.9 Å². The van der Waals surface area contributed by atoms with Crippen LogP contribution in [0.1, 0.15) is 36.5 Å². The van der Waals surface area contributed by atoms with E-state index in [4.69, 9.17) is 4.74 Å². The van der Waals surface area contributed by atoms with Gasteiger partial charge in [-0.25, -0.2) is 8.42 Å². The predicted octanol–water partition coefficient (Wildman–Crippen LogP) is 2.73. The highest BCUT2D eigenvalue weighted by atomic mass is 79.9. The number of carbonyl (C=O) groups excluding carboxylic acids is 1. The number of rotatable bonds is 7. The highest BCUT2D eigenvalue weighted by Crippen LogP contribution is 2.31. The van der Waals surface area contributed by atoms with Gasteiger partial charge in [-0.05, 0) is 59.3 Å². The fourth-order valence-electron chi connectivity index (χ4n) is 3.10. The second-order valence-corrected chi connectivity index (χ2v) is 9.62. The second kappa shape index (κ2) is 8.37. The molecule has 2 aliphatic rings. The number of ether oxygens (including phenoxy) is 1. The van der Waals surface area contributed by atoms with Crippen molar-refractivity contribution in [2.45, 2.75) is 31.1 Å². The van der Waals surface area contributed by atoms with Crippen molar-refractivity contribution in [2.24, 2.45) is 5.92 Å². The number of carbonyl (C=O) groups is 1. The zero-order valence-corrected chi connectivity index (χ0v) is 17.4. The molecule has 0 bridgehead atoms. The van der Waals surface area contributed by atoms with Gasteiger partial charge in [-0.3, -0.25) is 4.79 Å². The minimum Gasteiger partial charge on any atom is -0.379 e. The molecule has 144 valence electrons. The van der Waals surface area contributed by atoms with Crippen molar-refractivity contribution >= 4 is 31.9 Å². The van der Waals surface area contributed by atoms with E-state index >= 15 is 0 Å². The van der Waals surface area contributed by atoms with Gasteiger partial charge < -0.3 is 9.64 Å². The van der Waals surface area contributed by atoms with E-state index in [0.717, 1.165) is 13.0 Å². The Labute approximate surface area is 163 Å². The molecule has 2 fully saturated rings. The maximum absolute atomic E-state index is 13.0. The number of hydrogen-bond donors (Lipinski definition) is 0. The quantitative estimate of drug-likeness (QED) is 0.648. The first-order valence-corrected chi connectivity index (χ1v) is 11.3. The van der Waals surface area contributed by atoms with E-state index in [-0.39, 0.29) is 10.8 Å². The molecule has 1 saturated carbocycles. The van der Waals surface area contributed by atoms with E-state index in [0.29, 0.717) is 48.8 Å². The molecule has 3 rings (SSSR count). The van der Waals surface area contributed by atoms with E-state index in [1.54, 1.807) is 12.1 Å². The summed E-state index contributed by atoms with van der Waals surface area (Å²) in [5, 5.41) is 0. The summed E-state index contributed by atoms with van der Waals surface area (Å²) >= 11 is 3.34. The van der Waals surface area contributed by atoms with Crippen molar-refractivity contribution in [1.29, 1.82) is 0 Å². The Morgan fingerprint density at radius 2 is 2.00 bits per heavy atom. The molecule has 26 heavy (non-hydrogen) atoms. The average Bonchev–Trinajstić information content (AvgIpc) is 3.46. The Bertz CT molecular complexity index is 758. The van der Waals surface area contributed by atoms with Crippen LogP contribution in [0.3, 0.4) is 0 Å². The first kappa shape index (κ1) is 19.8. The van der Waals surface area contributed by atoms with Gasteiger partial charge in [0.25, 0.3) is 5.91 Å². The molecule has 0 atom stereocenters. The molecule has 1 aliphatic carbocycles. The maximum atomic E-state index is 13.0. The van der Waals surface area contributed by atoms with E-state index < -0.39 is 10.0 Å². The first-order chi connectivity index (χ1) is 12.4. The molecule has 0 spiro atoms. The molecule has 1 aliphatic heterocycles. The molecule has 8 heteroatoms. The van der Waals surface area contributed by atoms with Gasteiger partial charge >= 0.3 is 0 Å². The number of sulfonamides is 1. The standard InChI is InChI=1S/C18H25BrN2O4S/c1-2-7-20(13-14-3-4-14)18(22)15-5-6-16(19)17(12-15)26(23,24)21-8-10-25-11-9-21/h5-6,12,14H,2-4,7-11,13H2,1H3. The maximum Gasteiger partial charge on any atom is 0.253 e. The van der Waals surface area contributed by atoms with Crippen LogP contribution in [0.25, 0.3) is 0 Å². The highest BCUT2D eigenvalue weighted by molar-refractivity contribution is 9.10. The topological polar surface area (TPSA) is 66.9 Å². The second-order valence-electron chi connectivity index (χ2n) is 6.86. The zero-order chi connectivity index (χ0) is 18.7. The summed E-state index contributed by atoms with van der Waals surface area (Å²) in [4.78, 5) is 14.9. The fourth-order valence-corrected chi connectivity index (χ4v) is 5.46. The molecular formula is C18H25BrN2O4S. The molecular weight excluding hydrogens is 420 g/mol. The Hall–Kier alpha value is -0.960. The first-order valence-electron chi connectivity index (χ1n) is 9.10. The number of nitrogens with zero attached hydrogens (tertiary/aromatic N) is 2. The Morgan fingerprint density at radius 3 is 2.62 bits per heavy atom. The van der Waals surface area contributed by atoms with Crippen molar-refractivity contribution in [3.05, 3.63) is 28.2 Å². The van der Waals surface area contributed by atoms with Crippen LogP contribution in [0, 0.1) is 5.92 Å². The molecule has 1 amide bonds. The largest absolute Gasteiger partial charge is 0.379 e. The lowest BCUT2D eigenvalue weighted by Gasteiger charge is -2.27. The van der Waals surface area contributed by atoms with Crippen LogP contribution < -0.4 is 0 Å². The molecule has 1 heterocycles. The summed E-state index contributed by atoms with van der Waals surface area (Å²) < 4.78 is 33.1. The minimum absolute atomic E-state index is 0.0929. The van der Waals surface area contributed by atoms with Crippen molar-refractivity contribution in [3.8, 4) is 0 Å². The zero-order valence-electron chi connectivity index (χ0n) is 15.0. The normalized spacial score (nSPS) is 18.7. The number of benzene rings is 1. The number of morpholine rings is 1. The van der Waals surface area contributed by atoms with Crippen molar-refractivity contribution in [1.82, 2.24) is 9.21 Å². The van der Waals surface area contributed by atoms with Crippen molar-refractivity contribution in [3.63, 3.8) is 0 Å². The van der Waals surface area contributed by atoms with Crippen molar-refractivity contribution in [2.75, 3.05) is 39.4 Å². The van der Waals surface area contributed by atoms with Crippen LogP contribution in [-0.2, 0) is 14.8 Å². The molecule has 1 aromatic carbocycles. The van der Waals surface area contributed by atoms with Crippen LogP contribution in [0.2, 0.25) is 0 Å². The van der Waals surface area contributed by atoms with Gasteiger partial charge in [0, 0.05) is 36.2 Å². The van der Waals surface area contributed by atoms with Crippen LogP contribution in [-0.4, -0.2) is 62.9 Å². The van der Waals surface area contributed by atoms with Gasteiger partial charge in [-0.1, -0.05) is 6.92 Å². The van der Waals surface area contributed by atoms with Crippen LogP contribution in [0.4, 0.5) is 0 Å². The fraction of sp³-hybridized carbons (Fsp3) is 0.611. The predicted molar refractivity (Wildman–Crippen MR) is 103 cm³/mol. The van der Waals surface area contributed by atoms with Gasteiger partial charge in [-0.15, -0.1) is 0 Å². The van der Waals surface area contributed by atoms with Crippen LogP contribution >= 0.6 is 15.9 Å². The third-order valence-corrected chi connectivity index (χ3v) is 7.61. The van der Waals surface area contributed by atoms with Crippen LogP contribution in [0.5, 0.6) is 0 Å². The Balaban J connectivity index is 1.87. The van der Waals surface area contributed by atoms with E-state index in [1.165, 1.54) is 23.2 Å². The summed E-state index contributed by atoms with van der Waals surface area (Å²) in [5.41, 5.74) is 0.425. The van der Waals surface area contributed by atoms with E-state index in [9.17, 15) is 13.2 Å². The third kappa shape index (κ3) is 4.47. The highest BCUT2D eigenvalue weighted by Gasteiger charge is 2.30. The SMILES string of the molecule is CCCN(CC1CC1)C(=O)c1ccc(Br)c(S(=O)(=O)N2CCOCC2)c1. The number of hydrogen-bond acceptors (Lipinski definition) is 4. The average molecular weight is 445 g/mol.